The van der Waals surface area contributed by atoms with Gasteiger partial charge >= 0.3 is 0 Å². The number of pyridine rings is 1. The Kier molecular flexibility index (Phi) is 13.9. The molecule has 0 aliphatic carbocycles. The molecule has 4 N–H and O–H groups in total. The molecule has 0 unspecified atom stereocenters. The minimum absolute atomic E-state index is 0.0243. The molecule has 0 saturated carbocycles. The van der Waals surface area contributed by atoms with Gasteiger partial charge in [-0.1, -0.05) is 68.8 Å². The molecule has 20 heteroatoms. The van der Waals surface area contributed by atoms with Gasteiger partial charge in [0.2, 0.25) is 17.7 Å². The number of benzene rings is 2. The van der Waals surface area contributed by atoms with E-state index in [9.17, 15) is 24.3 Å². The van der Waals surface area contributed by atoms with Gasteiger partial charge in [0.15, 0.2) is 5.82 Å². The second-order valence-electron chi connectivity index (χ2n) is 18.9. The molecular weight excluding hydrogens is 962 g/mol. The normalized spacial score (nSPS) is 17.0. The summed E-state index contributed by atoms with van der Waals surface area (Å²) in [4.78, 5) is 72.8. The van der Waals surface area contributed by atoms with Gasteiger partial charge in [-0.2, -0.15) is 0 Å². The summed E-state index contributed by atoms with van der Waals surface area (Å²) in [5.74, 6) is 0.0553. The Labute approximate surface area is 423 Å². The van der Waals surface area contributed by atoms with Gasteiger partial charge in [-0.3, -0.25) is 28.7 Å². The average molecular weight is 1020 g/mol. The van der Waals surface area contributed by atoms with E-state index in [0.29, 0.717) is 28.1 Å². The van der Waals surface area contributed by atoms with Gasteiger partial charge < -0.3 is 35.1 Å². The number of thiazole rings is 1. The van der Waals surface area contributed by atoms with Crippen molar-refractivity contribution in [2.45, 2.75) is 92.1 Å². The van der Waals surface area contributed by atoms with Crippen molar-refractivity contribution in [2.75, 3.05) is 19.7 Å². The number of fused-ring (bicyclic) bond motifs is 4. The van der Waals surface area contributed by atoms with Crippen molar-refractivity contribution in [3.8, 4) is 21.2 Å². The summed E-state index contributed by atoms with van der Waals surface area (Å²) in [5.41, 5.74) is 8.16. The Morgan fingerprint density at radius 1 is 0.944 bits per heavy atom. The number of aromatic nitrogens is 6. The van der Waals surface area contributed by atoms with Crippen LogP contribution in [0, 0.1) is 33.1 Å². The molecule has 7 heterocycles. The summed E-state index contributed by atoms with van der Waals surface area (Å²) in [6.45, 7) is 14.0. The SMILES string of the molecule is Cc1ncsc1-c1ccc(CNC(=O)[C@@H]2C[C@@H](O)CN2C(=O)[C@@H](NC(=O)c2cn3cc(OCCNC(=O)C[C@@H]4N=C(c5ccc(Cl)cc5)c5c(sc(C)c5C)-n5c(C)nnc54)ccc3n2)C(C)(C)C)cc1. The highest BCUT2D eigenvalue weighted by Crippen LogP contribution is 2.40. The number of amides is 4. The molecule has 0 bridgehead atoms. The predicted molar refractivity (Wildman–Crippen MR) is 273 cm³/mol. The Morgan fingerprint density at radius 2 is 1.69 bits per heavy atom. The van der Waals surface area contributed by atoms with Crippen LogP contribution in [0.15, 0.2) is 83.6 Å². The van der Waals surface area contributed by atoms with Gasteiger partial charge in [-0.25, -0.2) is 9.97 Å². The zero-order chi connectivity index (χ0) is 50.3. The molecular formula is C51H54ClN11O6S2. The summed E-state index contributed by atoms with van der Waals surface area (Å²) in [5, 5.41) is 29.9. The minimum Gasteiger partial charge on any atom is -0.490 e. The number of aliphatic hydroxyl groups is 1. The fraction of sp³-hybridized carbons (Fsp3) is 0.353. The number of thiophene rings is 1. The summed E-state index contributed by atoms with van der Waals surface area (Å²) in [6, 6.07) is 16.2. The quantitative estimate of drug-likeness (QED) is 0.0830. The van der Waals surface area contributed by atoms with Crippen molar-refractivity contribution in [1.82, 2.24) is 50.0 Å². The van der Waals surface area contributed by atoms with Crippen molar-refractivity contribution in [3.05, 3.63) is 134 Å². The Bertz CT molecular complexity index is 3190. The molecule has 0 spiro atoms. The molecule has 2 aliphatic rings. The lowest BCUT2D eigenvalue weighted by Gasteiger charge is -2.35. The van der Waals surface area contributed by atoms with Gasteiger partial charge in [0.1, 0.15) is 52.6 Å². The first-order valence-electron chi connectivity index (χ1n) is 23.2. The number of hydrogen-bond acceptors (Lipinski definition) is 13. The number of carbonyl (C=O) groups excluding carboxylic acids is 4. The first-order chi connectivity index (χ1) is 33.9. The second kappa shape index (κ2) is 20.1. The number of likely N-dealkylation sites (tertiary alicyclic amines) is 1. The fourth-order valence-electron chi connectivity index (χ4n) is 8.89. The summed E-state index contributed by atoms with van der Waals surface area (Å²) in [7, 11) is 0. The van der Waals surface area contributed by atoms with E-state index < -0.39 is 47.4 Å². The van der Waals surface area contributed by atoms with E-state index in [0.717, 1.165) is 54.0 Å². The van der Waals surface area contributed by atoms with E-state index >= 15 is 0 Å². The molecule has 4 amide bonds. The average Bonchev–Trinajstić information content (AvgIpc) is 4.18. The first kappa shape index (κ1) is 49.2. The Morgan fingerprint density at radius 3 is 2.41 bits per heavy atom. The maximum absolute atomic E-state index is 14.3. The Balaban J connectivity index is 0.809. The molecule has 5 aromatic heterocycles. The summed E-state index contributed by atoms with van der Waals surface area (Å²) >= 11 is 9.47. The molecule has 2 aromatic carbocycles. The van der Waals surface area contributed by atoms with Gasteiger partial charge in [0, 0.05) is 46.7 Å². The molecule has 9 rings (SSSR count). The zero-order valence-electron chi connectivity index (χ0n) is 40.3. The molecule has 0 radical (unpaired) electrons. The van der Waals surface area contributed by atoms with Crippen molar-refractivity contribution in [1.29, 1.82) is 0 Å². The highest BCUT2D eigenvalue weighted by atomic mass is 35.5. The van der Waals surface area contributed by atoms with E-state index in [-0.39, 0.29) is 50.7 Å². The second-order valence-corrected chi connectivity index (χ2v) is 21.4. The number of halogens is 1. The van der Waals surface area contributed by atoms with Crippen LogP contribution in [0.5, 0.6) is 5.75 Å². The molecule has 1 saturated heterocycles. The van der Waals surface area contributed by atoms with Crippen LogP contribution in [0.2, 0.25) is 5.02 Å². The van der Waals surface area contributed by atoms with Crippen LogP contribution in [-0.2, 0) is 20.9 Å². The highest BCUT2D eigenvalue weighted by Gasteiger charge is 2.45. The van der Waals surface area contributed by atoms with E-state index in [1.54, 1.807) is 45.4 Å². The molecule has 1 fully saturated rings. The van der Waals surface area contributed by atoms with Crippen molar-refractivity contribution in [3.63, 3.8) is 0 Å². The largest absolute Gasteiger partial charge is 0.490 e. The number of carbonyl (C=O) groups is 4. The lowest BCUT2D eigenvalue weighted by molar-refractivity contribution is -0.142. The lowest BCUT2D eigenvalue weighted by Crippen LogP contribution is -2.57. The highest BCUT2D eigenvalue weighted by molar-refractivity contribution is 7.15. The minimum atomic E-state index is -1.05. The third kappa shape index (κ3) is 10.4. The number of rotatable bonds is 14. The number of nitrogens with zero attached hydrogens (tertiary/aromatic N) is 8. The lowest BCUT2D eigenvalue weighted by atomic mass is 9.85. The summed E-state index contributed by atoms with van der Waals surface area (Å²) in [6.07, 6.45) is 2.40. The van der Waals surface area contributed by atoms with Crippen molar-refractivity contribution < 1.29 is 29.0 Å². The van der Waals surface area contributed by atoms with E-state index in [1.807, 2.05) is 93.2 Å². The number of hydrogen-bond donors (Lipinski definition) is 4. The predicted octanol–water partition coefficient (Wildman–Crippen LogP) is 6.89. The summed E-state index contributed by atoms with van der Waals surface area (Å²) < 4.78 is 9.66. The standard InChI is InChI=1S/C51H54ClN11O6S2/c1-27-29(3)71-50-42(27)43(32-12-14-34(52)15-13-32)57-37(46-60-59-30(4)63(46)50)21-41(65)53-18-19-69-36-16-17-40-56-38(25-61(40)24-36)47(66)58-45(51(5,6)7)49(68)62-23-35(64)20-39(62)48(67)54-22-31-8-10-33(11-9-31)44-28(2)55-26-70-44/h8-17,24-26,35,37,39,45,64H,18-23H2,1-7H3,(H,53,65)(H,54,67)(H,58,66)/t35-,37+,39+,45-/m1/s1. The van der Waals surface area contributed by atoms with Crippen molar-refractivity contribution >= 4 is 69.3 Å². The molecule has 7 aromatic rings. The maximum atomic E-state index is 14.3. The molecule has 368 valence electrons. The zero-order valence-corrected chi connectivity index (χ0v) is 42.7. The van der Waals surface area contributed by atoms with E-state index in [1.165, 1.54) is 11.1 Å². The molecule has 17 nitrogen and oxygen atoms in total. The van der Waals surface area contributed by atoms with Crippen LogP contribution < -0.4 is 20.7 Å². The van der Waals surface area contributed by atoms with Gasteiger partial charge in [-0.05, 0) is 74.1 Å². The van der Waals surface area contributed by atoms with Crippen LogP contribution in [0.4, 0.5) is 0 Å². The number of aliphatic imine (C=N–C) groups is 1. The van der Waals surface area contributed by atoms with Crippen LogP contribution in [0.1, 0.15) is 94.6 Å². The number of aliphatic hydroxyl groups excluding tert-OH is 1. The number of β-amino-alcohol motifs (C(OH)–C–C–N with tert-alkyl or cyclic N) is 1. The van der Waals surface area contributed by atoms with Crippen LogP contribution >= 0.6 is 34.3 Å². The third-order valence-corrected chi connectivity index (χ3v) is 15.2. The fourth-order valence-corrected chi connectivity index (χ4v) is 11.0. The number of imidazole rings is 1. The molecule has 71 heavy (non-hydrogen) atoms. The third-order valence-electron chi connectivity index (χ3n) is 12.8. The van der Waals surface area contributed by atoms with Crippen molar-refractivity contribution in [2.24, 2.45) is 10.4 Å². The van der Waals surface area contributed by atoms with Crippen LogP contribution in [0.3, 0.4) is 0 Å². The van der Waals surface area contributed by atoms with Gasteiger partial charge in [-0.15, -0.1) is 32.9 Å². The number of nitrogens with one attached hydrogen (secondary N) is 3. The molecule has 4 atom stereocenters. The van der Waals surface area contributed by atoms with E-state index in [4.69, 9.17) is 21.3 Å². The first-order valence-corrected chi connectivity index (χ1v) is 25.3. The number of aryl methyl sites for hydroxylation is 3. The molecule has 2 aliphatic heterocycles. The Hall–Kier alpha value is -6.80. The topological polar surface area (TPSA) is 210 Å². The smallest absolute Gasteiger partial charge is 0.272 e. The van der Waals surface area contributed by atoms with Gasteiger partial charge in [0.25, 0.3) is 5.91 Å². The van der Waals surface area contributed by atoms with Gasteiger partial charge in [0.05, 0.1) is 47.1 Å². The van der Waals surface area contributed by atoms with Crippen LogP contribution in [0.25, 0.3) is 21.1 Å². The number of ether oxygens (including phenoxy) is 1. The van der Waals surface area contributed by atoms with Crippen LogP contribution in [-0.4, -0.2) is 106 Å². The maximum Gasteiger partial charge on any atom is 0.272 e. The van der Waals surface area contributed by atoms with E-state index in [2.05, 4.69) is 50.0 Å². The monoisotopic (exact) mass is 1020 g/mol.